The Balaban J connectivity index is 0.780. The van der Waals surface area contributed by atoms with E-state index in [0.29, 0.717) is 11.9 Å². The number of nitrogens with two attached hydrogens (primary N) is 1. The maximum atomic E-state index is 13.5. The molecule has 15 nitrogen and oxygen atoms in total. The molecule has 0 radical (unpaired) electrons. The molecule has 10 rings (SSSR count). The van der Waals surface area contributed by atoms with E-state index in [2.05, 4.69) is 35.8 Å². The summed E-state index contributed by atoms with van der Waals surface area (Å²) in [6, 6.07) is 22.4. The van der Waals surface area contributed by atoms with Gasteiger partial charge in [-0.3, -0.25) is 34.3 Å². The highest BCUT2D eigenvalue weighted by Crippen LogP contribution is 2.38. The Bertz CT molecular complexity index is 2640. The summed E-state index contributed by atoms with van der Waals surface area (Å²) in [5.74, 6) is -0.151. The number of piperidine rings is 1. The second kappa shape index (κ2) is 15.8. The number of aromatic nitrogens is 4. The van der Waals surface area contributed by atoms with E-state index in [1.807, 2.05) is 90.1 Å². The van der Waals surface area contributed by atoms with Crippen LogP contribution in [-0.4, -0.2) is 96.3 Å². The number of nitrogen functional groups attached to an aromatic ring is 1. The molecule has 5 aromatic rings. The van der Waals surface area contributed by atoms with Crippen molar-refractivity contribution in [1.29, 1.82) is 0 Å². The lowest BCUT2D eigenvalue weighted by Gasteiger charge is -2.43. The van der Waals surface area contributed by atoms with Crippen LogP contribution in [0.15, 0.2) is 115 Å². The summed E-state index contributed by atoms with van der Waals surface area (Å²) in [6.45, 7) is 3.59. The quantitative estimate of drug-likeness (QED) is 0.181. The molecule has 1 atom stereocenters. The van der Waals surface area contributed by atoms with Gasteiger partial charge in [-0.25, -0.2) is 14.6 Å². The molecule has 61 heavy (non-hydrogen) atoms. The van der Waals surface area contributed by atoms with Crippen LogP contribution in [0.1, 0.15) is 65.3 Å². The van der Waals surface area contributed by atoms with Crippen molar-refractivity contribution in [3.8, 4) is 22.8 Å². The van der Waals surface area contributed by atoms with Gasteiger partial charge in [0.2, 0.25) is 11.8 Å². The number of fused-ring (bicyclic) bond motifs is 2. The Morgan fingerprint density at radius 2 is 1.49 bits per heavy atom. The second-order valence-corrected chi connectivity index (χ2v) is 16.0. The van der Waals surface area contributed by atoms with E-state index in [1.54, 1.807) is 12.1 Å². The number of hydrogen-bond acceptors (Lipinski definition) is 12. The predicted molar refractivity (Wildman–Crippen MR) is 228 cm³/mol. The molecular formula is C46H44N10O5. The standard InChI is InChI=1S/C46H44N10O5/c47-42-40-41(29-9-16-35(17-10-29)61-34-7-2-1-3-8-34)51-56(43(40)49-28-48-42)31-13-11-30(12-14-31)52-22-24-53(25-23-52)33-6-4-5-21-54(27-33)32-15-18-36-37(26-32)46(60)55(45(36)59)38-19-20-39(57)50-44(38)58/h1-10,15-18,21,26-28,30-31,38H,11-14,19-20,22-25H2,(H2,47,48,49)(H,50,57,58)/t30?,31?,38-/m1/s1. The molecule has 3 N–H and O–H groups in total. The van der Waals surface area contributed by atoms with E-state index in [-0.39, 0.29) is 30.0 Å². The van der Waals surface area contributed by atoms with Crippen molar-refractivity contribution in [2.45, 2.75) is 56.7 Å². The number of nitrogens with one attached hydrogen (secondary N) is 1. The normalized spacial score (nSPS) is 22.1. The van der Waals surface area contributed by atoms with Crippen LogP contribution >= 0.6 is 0 Å². The summed E-state index contributed by atoms with van der Waals surface area (Å²) in [4.78, 5) is 68.0. The number of imide groups is 2. The zero-order valence-electron chi connectivity index (χ0n) is 33.4. The molecule has 2 saturated heterocycles. The Hall–Kier alpha value is -7.13. The fraction of sp³-hybridized carbons (Fsp3) is 0.283. The Labute approximate surface area is 351 Å². The lowest BCUT2D eigenvalue weighted by atomic mass is 9.90. The fourth-order valence-electron chi connectivity index (χ4n) is 9.26. The summed E-state index contributed by atoms with van der Waals surface area (Å²) in [5.41, 5.74) is 11.2. The molecule has 4 aliphatic heterocycles. The van der Waals surface area contributed by atoms with Crippen molar-refractivity contribution in [2.75, 3.05) is 36.8 Å². The Kier molecular flexibility index (Phi) is 9.87. The minimum atomic E-state index is -1.01. The number of amides is 4. The number of rotatable bonds is 8. The SMILES string of the molecule is Nc1ncnc2c1c(-c1ccc(Oc3ccccc3)cc1)nn2C1CCC(N2CCN(C3=CN(c4ccc5c(c4)C(=O)N([C@@H]4CCC(=O)NC4=O)C5=O)C=CC=C3)CC2)CC1. The van der Waals surface area contributed by atoms with E-state index in [1.165, 1.54) is 6.33 Å². The van der Waals surface area contributed by atoms with Gasteiger partial charge in [0.15, 0.2) is 5.65 Å². The molecule has 3 aromatic carbocycles. The summed E-state index contributed by atoms with van der Waals surface area (Å²) in [5, 5.41) is 8.16. The molecule has 5 aliphatic rings. The molecule has 6 heterocycles. The number of anilines is 2. The van der Waals surface area contributed by atoms with Gasteiger partial charge in [-0.2, -0.15) is 5.10 Å². The lowest BCUT2D eigenvalue weighted by molar-refractivity contribution is -0.136. The van der Waals surface area contributed by atoms with E-state index in [4.69, 9.17) is 15.6 Å². The minimum absolute atomic E-state index is 0.0741. The first-order valence-corrected chi connectivity index (χ1v) is 20.8. The van der Waals surface area contributed by atoms with Crippen LogP contribution in [0.2, 0.25) is 0 Å². The van der Waals surface area contributed by atoms with Gasteiger partial charge in [-0.15, -0.1) is 0 Å². The first-order valence-electron chi connectivity index (χ1n) is 20.8. The van der Waals surface area contributed by atoms with Crippen molar-refractivity contribution >= 4 is 46.2 Å². The number of carbonyl (C=O) groups is 4. The van der Waals surface area contributed by atoms with Crippen LogP contribution < -0.4 is 20.7 Å². The summed E-state index contributed by atoms with van der Waals surface area (Å²) in [7, 11) is 0. The smallest absolute Gasteiger partial charge is 0.262 e. The number of piperazine rings is 1. The molecule has 2 aromatic heterocycles. The van der Waals surface area contributed by atoms with Crippen LogP contribution in [0, 0.1) is 0 Å². The molecule has 0 bridgehead atoms. The molecule has 308 valence electrons. The number of carbonyl (C=O) groups excluding carboxylic acids is 4. The maximum Gasteiger partial charge on any atom is 0.262 e. The van der Waals surface area contributed by atoms with E-state index in [0.717, 1.165) is 102 Å². The summed E-state index contributed by atoms with van der Waals surface area (Å²) < 4.78 is 8.09. The molecule has 4 amide bonds. The molecule has 1 aliphatic carbocycles. The van der Waals surface area contributed by atoms with E-state index in [9.17, 15) is 19.2 Å². The van der Waals surface area contributed by atoms with Crippen molar-refractivity contribution in [3.63, 3.8) is 0 Å². The molecule has 1 saturated carbocycles. The number of nitrogens with zero attached hydrogens (tertiary/aromatic N) is 8. The van der Waals surface area contributed by atoms with Crippen LogP contribution in [0.25, 0.3) is 22.3 Å². The van der Waals surface area contributed by atoms with Gasteiger partial charge < -0.3 is 20.3 Å². The molecule has 0 spiro atoms. The van der Waals surface area contributed by atoms with Crippen molar-refractivity contribution in [3.05, 3.63) is 127 Å². The van der Waals surface area contributed by atoms with E-state index < -0.39 is 29.7 Å². The lowest BCUT2D eigenvalue weighted by Crippen LogP contribution is -2.54. The first kappa shape index (κ1) is 38.1. The third kappa shape index (κ3) is 7.20. The molecular weight excluding hydrogens is 773 g/mol. The average molecular weight is 817 g/mol. The highest BCUT2D eigenvalue weighted by atomic mass is 16.5. The van der Waals surface area contributed by atoms with Gasteiger partial charge in [0.1, 0.15) is 35.4 Å². The van der Waals surface area contributed by atoms with Gasteiger partial charge in [0, 0.05) is 62.3 Å². The fourth-order valence-corrected chi connectivity index (χ4v) is 9.26. The average Bonchev–Trinajstić information content (AvgIpc) is 3.66. The third-order valence-electron chi connectivity index (χ3n) is 12.5. The number of ether oxygens (including phenoxy) is 1. The van der Waals surface area contributed by atoms with Crippen molar-refractivity contribution < 1.29 is 23.9 Å². The number of allylic oxidation sites excluding steroid dienone is 3. The molecule has 3 fully saturated rings. The van der Waals surface area contributed by atoms with Gasteiger partial charge in [0.05, 0.1) is 28.3 Å². The number of hydrogen-bond donors (Lipinski definition) is 2. The minimum Gasteiger partial charge on any atom is -0.457 e. The monoisotopic (exact) mass is 816 g/mol. The van der Waals surface area contributed by atoms with Crippen LogP contribution in [0.4, 0.5) is 11.5 Å². The van der Waals surface area contributed by atoms with Crippen LogP contribution in [-0.2, 0) is 9.59 Å². The van der Waals surface area contributed by atoms with Gasteiger partial charge in [0.25, 0.3) is 11.8 Å². The van der Waals surface area contributed by atoms with Crippen molar-refractivity contribution in [1.82, 2.24) is 39.8 Å². The number of para-hydroxylation sites is 1. The zero-order chi connectivity index (χ0) is 41.6. The third-order valence-corrected chi connectivity index (χ3v) is 12.5. The molecule has 0 unspecified atom stereocenters. The summed E-state index contributed by atoms with van der Waals surface area (Å²) in [6.07, 6.45) is 15.8. The van der Waals surface area contributed by atoms with Crippen LogP contribution in [0.3, 0.4) is 0 Å². The van der Waals surface area contributed by atoms with Gasteiger partial charge >= 0.3 is 0 Å². The first-order chi connectivity index (χ1) is 29.8. The van der Waals surface area contributed by atoms with Crippen LogP contribution in [0.5, 0.6) is 11.5 Å². The summed E-state index contributed by atoms with van der Waals surface area (Å²) >= 11 is 0. The Morgan fingerprint density at radius 3 is 2.26 bits per heavy atom. The maximum absolute atomic E-state index is 13.5. The highest BCUT2D eigenvalue weighted by molar-refractivity contribution is 6.23. The Morgan fingerprint density at radius 1 is 0.754 bits per heavy atom. The van der Waals surface area contributed by atoms with Gasteiger partial charge in [-0.05, 0) is 98.9 Å². The number of benzene rings is 3. The highest BCUT2D eigenvalue weighted by Gasteiger charge is 2.45. The van der Waals surface area contributed by atoms with Crippen molar-refractivity contribution in [2.24, 2.45) is 0 Å². The van der Waals surface area contributed by atoms with Gasteiger partial charge in [-0.1, -0.05) is 24.3 Å². The van der Waals surface area contributed by atoms with E-state index >= 15 is 0 Å². The zero-order valence-corrected chi connectivity index (χ0v) is 33.4. The topological polar surface area (TPSA) is 172 Å². The predicted octanol–water partition coefficient (Wildman–Crippen LogP) is 5.80. The largest absolute Gasteiger partial charge is 0.457 e. The molecule has 15 heteroatoms. The second-order valence-electron chi connectivity index (χ2n) is 16.0.